The van der Waals surface area contributed by atoms with Crippen LogP contribution in [0.3, 0.4) is 0 Å². The molecule has 2 heterocycles. The third kappa shape index (κ3) is 3.73. The number of likely N-dealkylation sites (tertiary alicyclic amines) is 1. The number of nitrogens with one attached hydrogen (secondary N) is 1. The molecule has 0 radical (unpaired) electrons. The Morgan fingerprint density at radius 2 is 2.00 bits per heavy atom. The van der Waals surface area contributed by atoms with Crippen LogP contribution in [0.15, 0.2) is 47.2 Å². The highest BCUT2D eigenvalue weighted by molar-refractivity contribution is 9.10. The van der Waals surface area contributed by atoms with Crippen molar-refractivity contribution in [2.24, 2.45) is 0 Å². The van der Waals surface area contributed by atoms with Crippen molar-refractivity contribution in [3.63, 3.8) is 0 Å². The molecule has 1 atom stereocenters. The number of ether oxygens (including phenoxy) is 1. The average molecular weight is 363 g/mol. The van der Waals surface area contributed by atoms with Crippen molar-refractivity contribution in [2.45, 2.75) is 12.5 Å². The number of halogens is 1. The zero-order valence-electron chi connectivity index (χ0n) is 11.8. The number of urea groups is 1. The second-order valence-corrected chi connectivity index (χ2v) is 5.87. The summed E-state index contributed by atoms with van der Waals surface area (Å²) in [4.78, 5) is 22.1. The van der Waals surface area contributed by atoms with E-state index in [2.05, 4.69) is 31.2 Å². The fourth-order valence-electron chi connectivity index (χ4n) is 2.24. The fourth-order valence-corrected chi connectivity index (χ4v) is 2.45. The summed E-state index contributed by atoms with van der Waals surface area (Å²) in [5.41, 5.74) is 0.785. The zero-order chi connectivity index (χ0) is 15.4. The predicted molar refractivity (Wildman–Crippen MR) is 85.8 cm³/mol. The number of carbonyl (C=O) groups is 1. The lowest BCUT2D eigenvalue weighted by Crippen LogP contribution is -2.34. The second kappa shape index (κ2) is 6.74. The van der Waals surface area contributed by atoms with Gasteiger partial charge in [-0.15, -0.1) is 0 Å². The lowest BCUT2D eigenvalue weighted by atomic mass is 10.3. The largest absolute Gasteiger partial charge is 0.458 e. The first-order valence-electron chi connectivity index (χ1n) is 6.96. The number of para-hydroxylation sites is 1. The number of hydrogen-bond acceptors (Lipinski definition) is 4. The highest BCUT2D eigenvalue weighted by Crippen LogP contribution is 2.17. The van der Waals surface area contributed by atoms with Crippen molar-refractivity contribution in [1.29, 1.82) is 0 Å². The van der Waals surface area contributed by atoms with E-state index < -0.39 is 0 Å². The third-order valence-corrected chi connectivity index (χ3v) is 3.74. The lowest BCUT2D eigenvalue weighted by Gasteiger charge is -2.17. The van der Waals surface area contributed by atoms with Crippen molar-refractivity contribution < 1.29 is 9.53 Å². The van der Waals surface area contributed by atoms with Gasteiger partial charge in [-0.25, -0.2) is 14.8 Å². The van der Waals surface area contributed by atoms with Crippen LogP contribution in [0.25, 0.3) is 0 Å². The summed E-state index contributed by atoms with van der Waals surface area (Å²) >= 11 is 3.28. The van der Waals surface area contributed by atoms with Gasteiger partial charge in [0.15, 0.2) is 0 Å². The second-order valence-electron chi connectivity index (χ2n) is 4.95. The Morgan fingerprint density at radius 1 is 1.27 bits per heavy atom. The van der Waals surface area contributed by atoms with Crippen LogP contribution in [0.1, 0.15) is 6.42 Å². The van der Waals surface area contributed by atoms with Gasteiger partial charge in [-0.3, -0.25) is 0 Å². The van der Waals surface area contributed by atoms with Crippen LogP contribution >= 0.6 is 15.9 Å². The first-order chi connectivity index (χ1) is 10.7. The van der Waals surface area contributed by atoms with E-state index in [0.29, 0.717) is 19.1 Å². The number of amides is 2. The van der Waals surface area contributed by atoms with Gasteiger partial charge in [0.1, 0.15) is 6.10 Å². The standard InChI is InChI=1S/C15H15BrN4O2/c16-11-8-17-14(18-9-11)22-13-6-7-20(10-13)15(21)19-12-4-2-1-3-5-12/h1-5,8-9,13H,6-7,10H2,(H,19,21)/t13-/m0/s1. The van der Waals surface area contributed by atoms with E-state index in [0.717, 1.165) is 16.6 Å². The molecule has 1 fully saturated rings. The molecule has 1 aliphatic rings. The van der Waals surface area contributed by atoms with Crippen molar-refractivity contribution in [2.75, 3.05) is 18.4 Å². The molecule has 0 spiro atoms. The minimum atomic E-state index is -0.117. The predicted octanol–water partition coefficient (Wildman–Crippen LogP) is 2.92. The molecule has 7 heteroatoms. The first-order valence-corrected chi connectivity index (χ1v) is 7.75. The summed E-state index contributed by atoms with van der Waals surface area (Å²) in [7, 11) is 0. The molecule has 2 aromatic rings. The SMILES string of the molecule is O=C(Nc1ccccc1)N1CC[C@H](Oc2ncc(Br)cn2)C1. The van der Waals surface area contributed by atoms with Gasteiger partial charge in [0.25, 0.3) is 0 Å². The van der Waals surface area contributed by atoms with Crippen LogP contribution in [0.4, 0.5) is 10.5 Å². The van der Waals surface area contributed by atoms with Crippen molar-refractivity contribution in [1.82, 2.24) is 14.9 Å². The summed E-state index contributed by atoms with van der Waals surface area (Å²) in [6, 6.07) is 9.61. The first kappa shape index (κ1) is 14.8. The molecule has 3 rings (SSSR count). The van der Waals surface area contributed by atoms with E-state index in [-0.39, 0.29) is 12.1 Å². The van der Waals surface area contributed by atoms with Gasteiger partial charge in [0.2, 0.25) is 0 Å². The summed E-state index contributed by atoms with van der Waals surface area (Å²) in [6.45, 7) is 1.18. The van der Waals surface area contributed by atoms with Gasteiger partial charge in [0, 0.05) is 31.0 Å². The fraction of sp³-hybridized carbons (Fsp3) is 0.267. The number of anilines is 1. The maximum absolute atomic E-state index is 12.2. The van der Waals surface area contributed by atoms with Crippen LogP contribution in [0.5, 0.6) is 6.01 Å². The number of hydrogen-bond donors (Lipinski definition) is 1. The van der Waals surface area contributed by atoms with Crippen LogP contribution < -0.4 is 10.1 Å². The van der Waals surface area contributed by atoms with E-state index in [1.54, 1.807) is 17.3 Å². The maximum atomic E-state index is 12.2. The molecule has 2 amide bonds. The van der Waals surface area contributed by atoms with Crippen molar-refractivity contribution >= 4 is 27.6 Å². The summed E-state index contributed by atoms with van der Waals surface area (Å²) in [6.07, 6.45) is 3.96. The number of benzene rings is 1. The lowest BCUT2D eigenvalue weighted by molar-refractivity contribution is 0.184. The molecule has 0 aliphatic carbocycles. The molecule has 1 aromatic heterocycles. The third-order valence-electron chi connectivity index (χ3n) is 3.33. The smallest absolute Gasteiger partial charge is 0.321 e. The monoisotopic (exact) mass is 362 g/mol. The molecule has 0 bridgehead atoms. The highest BCUT2D eigenvalue weighted by Gasteiger charge is 2.28. The zero-order valence-corrected chi connectivity index (χ0v) is 13.4. The van der Waals surface area contributed by atoms with Gasteiger partial charge < -0.3 is 15.0 Å². The Labute approximate surface area is 136 Å². The molecule has 114 valence electrons. The number of nitrogens with zero attached hydrogens (tertiary/aromatic N) is 3. The molecule has 0 unspecified atom stereocenters. The quantitative estimate of drug-likeness (QED) is 0.911. The number of rotatable bonds is 3. The van der Waals surface area contributed by atoms with Crippen molar-refractivity contribution in [3.05, 3.63) is 47.2 Å². The Morgan fingerprint density at radius 3 is 2.73 bits per heavy atom. The van der Waals surface area contributed by atoms with Crippen molar-refractivity contribution in [3.8, 4) is 6.01 Å². The van der Waals surface area contributed by atoms with Crippen LogP contribution in [-0.2, 0) is 0 Å². The highest BCUT2D eigenvalue weighted by atomic mass is 79.9. The Balaban J connectivity index is 1.53. The molecule has 1 aromatic carbocycles. The molecule has 6 nitrogen and oxygen atoms in total. The van der Waals surface area contributed by atoms with Gasteiger partial charge in [-0.2, -0.15) is 0 Å². The van der Waals surface area contributed by atoms with E-state index in [1.165, 1.54) is 0 Å². The average Bonchev–Trinajstić information content (AvgIpc) is 2.99. The summed E-state index contributed by atoms with van der Waals surface area (Å²) in [5.74, 6) is 0. The Bertz CT molecular complexity index is 636. The summed E-state index contributed by atoms with van der Waals surface area (Å²) in [5, 5.41) is 2.87. The molecule has 0 saturated carbocycles. The summed E-state index contributed by atoms with van der Waals surface area (Å²) < 4.78 is 6.50. The normalized spacial score (nSPS) is 17.3. The van der Waals surface area contributed by atoms with Crippen LogP contribution in [0, 0.1) is 0 Å². The van der Waals surface area contributed by atoms with Gasteiger partial charge in [0.05, 0.1) is 11.0 Å². The molecule has 22 heavy (non-hydrogen) atoms. The topological polar surface area (TPSA) is 67.4 Å². The number of aromatic nitrogens is 2. The molecular formula is C15H15BrN4O2. The minimum Gasteiger partial charge on any atom is -0.458 e. The van der Waals surface area contributed by atoms with E-state index in [1.807, 2.05) is 30.3 Å². The van der Waals surface area contributed by atoms with Crippen LogP contribution in [0.2, 0.25) is 0 Å². The maximum Gasteiger partial charge on any atom is 0.321 e. The van der Waals surface area contributed by atoms with E-state index in [9.17, 15) is 4.79 Å². The van der Waals surface area contributed by atoms with E-state index >= 15 is 0 Å². The van der Waals surface area contributed by atoms with E-state index in [4.69, 9.17) is 4.74 Å². The Hall–Kier alpha value is -2.15. The van der Waals surface area contributed by atoms with Crippen LogP contribution in [-0.4, -0.2) is 40.1 Å². The molecular weight excluding hydrogens is 348 g/mol. The molecule has 1 N–H and O–H groups in total. The van der Waals surface area contributed by atoms with Gasteiger partial charge in [-0.05, 0) is 28.1 Å². The Kier molecular flexibility index (Phi) is 4.53. The molecule has 1 aliphatic heterocycles. The molecule has 1 saturated heterocycles. The number of carbonyl (C=O) groups excluding carboxylic acids is 1. The van der Waals surface area contributed by atoms with Gasteiger partial charge >= 0.3 is 12.0 Å². The minimum absolute atomic E-state index is 0.0808. The van der Waals surface area contributed by atoms with Gasteiger partial charge in [-0.1, -0.05) is 18.2 Å².